The number of carbonyl (C=O) groups is 1. The molecule has 7 nitrogen and oxygen atoms in total. The zero-order valence-electron chi connectivity index (χ0n) is 17.2. The molecule has 4 aliphatic heterocycles. The molecular weight excluding hydrogens is 411 g/mol. The van der Waals surface area contributed by atoms with Gasteiger partial charge < -0.3 is 19.4 Å². The van der Waals surface area contributed by atoms with Gasteiger partial charge in [-0.25, -0.2) is 0 Å². The average molecular weight is 435 g/mol. The van der Waals surface area contributed by atoms with Gasteiger partial charge in [-0.2, -0.15) is 18.2 Å². The molecule has 0 amide bonds. The molecule has 0 saturated carbocycles. The van der Waals surface area contributed by atoms with Gasteiger partial charge in [-0.05, 0) is 37.5 Å². The first-order valence-electron chi connectivity index (χ1n) is 10.5. The van der Waals surface area contributed by atoms with Gasteiger partial charge in [0.15, 0.2) is 5.78 Å². The third-order valence-electron chi connectivity index (χ3n) is 6.52. The minimum absolute atomic E-state index is 0.104. The molecular formula is C21H24F3N5O2. The van der Waals surface area contributed by atoms with E-state index in [1.165, 1.54) is 6.20 Å². The van der Waals surface area contributed by atoms with Gasteiger partial charge in [0.05, 0.1) is 25.3 Å². The van der Waals surface area contributed by atoms with E-state index in [2.05, 4.69) is 14.9 Å². The second-order valence-electron chi connectivity index (χ2n) is 8.51. The molecule has 0 radical (unpaired) electrons. The fraction of sp³-hybridized carbons (Fsp3) is 0.571. The summed E-state index contributed by atoms with van der Waals surface area (Å²) in [5, 5.41) is 0. The van der Waals surface area contributed by atoms with E-state index in [0.29, 0.717) is 36.6 Å². The molecule has 166 valence electrons. The standard InChI is InChI=1S/C21H24F3N5O2/c1-13-2-5-25-9-16(13)17(30)11-29-18(21(22,23)24)3-6-27-7-4-19(26-20(27)29)28-10-15-8-14(28)12-31-15/h2,4-5,9,14-15,18H,3,6-8,10-12H2,1H3/t14-,15-,18-/m0/s1. The average Bonchev–Trinajstić information content (AvgIpc) is 3.37. The van der Waals surface area contributed by atoms with E-state index in [4.69, 9.17) is 4.74 Å². The van der Waals surface area contributed by atoms with Crippen LogP contribution in [0.5, 0.6) is 0 Å². The molecule has 0 aliphatic carbocycles. The van der Waals surface area contributed by atoms with Crippen molar-refractivity contribution in [2.45, 2.75) is 44.1 Å². The third kappa shape index (κ3) is 3.66. The highest BCUT2D eigenvalue weighted by Crippen LogP contribution is 2.35. The molecule has 3 atom stereocenters. The number of nitrogens with zero attached hydrogens (tertiary/aromatic N) is 5. The van der Waals surface area contributed by atoms with Crippen LogP contribution in [0, 0.1) is 6.92 Å². The number of aliphatic imine (C=N–C) groups is 1. The fourth-order valence-electron chi connectivity index (χ4n) is 4.88. The summed E-state index contributed by atoms with van der Waals surface area (Å²) in [6, 6.07) is 0.142. The minimum atomic E-state index is -4.46. The number of guanidine groups is 1. The van der Waals surface area contributed by atoms with Crippen LogP contribution in [0.25, 0.3) is 0 Å². The van der Waals surface area contributed by atoms with Crippen molar-refractivity contribution in [1.29, 1.82) is 0 Å². The molecule has 10 heteroatoms. The number of pyridine rings is 1. The van der Waals surface area contributed by atoms with Crippen molar-refractivity contribution in [2.75, 3.05) is 32.8 Å². The number of rotatable bonds is 4. The summed E-state index contributed by atoms with van der Waals surface area (Å²) >= 11 is 0. The van der Waals surface area contributed by atoms with E-state index in [9.17, 15) is 18.0 Å². The highest BCUT2D eigenvalue weighted by Gasteiger charge is 2.49. The molecule has 0 unspecified atom stereocenters. The number of likely N-dealkylation sites (tertiary alicyclic amines) is 1. The molecule has 0 aromatic carbocycles. The Kier molecular flexibility index (Phi) is 4.91. The van der Waals surface area contributed by atoms with E-state index in [1.54, 1.807) is 19.2 Å². The highest BCUT2D eigenvalue weighted by molar-refractivity contribution is 6.00. The molecule has 3 saturated heterocycles. The SMILES string of the molecule is Cc1ccncc1C(=O)CN1C2=NC(N3C[C@@H]4C[C@H]3CO4)=CCN2CC[C@H]1C(F)(F)F. The molecule has 1 aromatic heterocycles. The van der Waals surface area contributed by atoms with Crippen LogP contribution in [0.3, 0.4) is 0 Å². The molecule has 0 spiro atoms. The molecule has 5 rings (SSSR count). The molecule has 2 bridgehead atoms. The summed E-state index contributed by atoms with van der Waals surface area (Å²) in [6.45, 7) is 3.40. The number of hydrogen-bond donors (Lipinski definition) is 0. The highest BCUT2D eigenvalue weighted by atomic mass is 19.4. The Bertz CT molecular complexity index is 947. The summed E-state index contributed by atoms with van der Waals surface area (Å²) in [4.78, 5) is 26.7. The van der Waals surface area contributed by atoms with Crippen LogP contribution >= 0.6 is 0 Å². The Hall–Kier alpha value is -2.62. The maximum absolute atomic E-state index is 13.9. The lowest BCUT2D eigenvalue weighted by atomic mass is 10.0. The first-order valence-corrected chi connectivity index (χ1v) is 10.5. The largest absolute Gasteiger partial charge is 0.408 e. The molecule has 0 N–H and O–H groups in total. The molecule has 31 heavy (non-hydrogen) atoms. The maximum Gasteiger partial charge on any atom is 0.408 e. The number of aryl methyl sites for hydroxylation is 1. The Morgan fingerprint density at radius 3 is 2.87 bits per heavy atom. The summed E-state index contributed by atoms with van der Waals surface area (Å²) < 4.78 is 47.4. The van der Waals surface area contributed by atoms with Gasteiger partial charge >= 0.3 is 6.18 Å². The summed E-state index contributed by atoms with van der Waals surface area (Å²) in [5.41, 5.74) is 1.03. The minimum Gasteiger partial charge on any atom is -0.374 e. The van der Waals surface area contributed by atoms with Gasteiger partial charge in [-0.15, -0.1) is 0 Å². The molecule has 3 fully saturated rings. The van der Waals surface area contributed by atoms with Crippen molar-refractivity contribution in [1.82, 2.24) is 19.7 Å². The second-order valence-corrected chi connectivity index (χ2v) is 8.51. The van der Waals surface area contributed by atoms with Crippen molar-refractivity contribution in [3.63, 3.8) is 0 Å². The van der Waals surface area contributed by atoms with Gasteiger partial charge in [0.2, 0.25) is 5.96 Å². The van der Waals surface area contributed by atoms with Crippen LogP contribution in [-0.4, -0.2) is 88.6 Å². The van der Waals surface area contributed by atoms with E-state index < -0.39 is 24.5 Å². The topological polar surface area (TPSA) is 61.3 Å². The Morgan fingerprint density at radius 2 is 2.19 bits per heavy atom. The number of aromatic nitrogens is 1. The predicted octanol–water partition coefficient (Wildman–Crippen LogP) is 2.20. The van der Waals surface area contributed by atoms with Crippen LogP contribution in [0.15, 0.2) is 35.3 Å². The Balaban J connectivity index is 1.46. The van der Waals surface area contributed by atoms with Crippen molar-refractivity contribution < 1.29 is 22.7 Å². The molecule has 4 aliphatic rings. The second kappa shape index (κ2) is 7.51. The Labute approximate surface area is 178 Å². The Morgan fingerprint density at radius 1 is 1.35 bits per heavy atom. The van der Waals surface area contributed by atoms with Crippen LogP contribution in [-0.2, 0) is 4.74 Å². The van der Waals surface area contributed by atoms with Gasteiger partial charge in [0, 0.05) is 37.6 Å². The number of ketones is 1. The smallest absolute Gasteiger partial charge is 0.374 e. The number of carbonyl (C=O) groups excluding carboxylic acids is 1. The summed E-state index contributed by atoms with van der Waals surface area (Å²) in [6.07, 6.45) is 1.45. The monoisotopic (exact) mass is 435 g/mol. The number of ether oxygens (including phenoxy) is 1. The zero-order chi connectivity index (χ0) is 21.8. The molecule has 1 aromatic rings. The summed E-state index contributed by atoms with van der Waals surface area (Å²) in [5.74, 6) is 0.513. The summed E-state index contributed by atoms with van der Waals surface area (Å²) in [7, 11) is 0. The lowest BCUT2D eigenvalue weighted by molar-refractivity contribution is -0.179. The first kappa shape index (κ1) is 20.3. The van der Waals surface area contributed by atoms with E-state index in [0.717, 1.165) is 11.3 Å². The number of hydrogen-bond acceptors (Lipinski definition) is 7. The predicted molar refractivity (Wildman–Crippen MR) is 106 cm³/mol. The van der Waals surface area contributed by atoms with E-state index >= 15 is 0 Å². The van der Waals surface area contributed by atoms with Crippen molar-refractivity contribution in [3.05, 3.63) is 41.5 Å². The number of Topliss-reactive ketones (excluding diaryl/α,β-unsaturated/α-hetero) is 1. The number of halogens is 3. The third-order valence-corrected chi connectivity index (χ3v) is 6.52. The van der Waals surface area contributed by atoms with Gasteiger partial charge in [-0.1, -0.05) is 0 Å². The van der Waals surface area contributed by atoms with Crippen LogP contribution in [0.1, 0.15) is 28.8 Å². The fourth-order valence-corrected chi connectivity index (χ4v) is 4.88. The number of morpholine rings is 1. The zero-order valence-corrected chi connectivity index (χ0v) is 17.2. The molecule has 5 heterocycles. The lowest BCUT2D eigenvalue weighted by Crippen LogP contribution is -2.61. The van der Waals surface area contributed by atoms with Crippen LogP contribution in [0.4, 0.5) is 13.2 Å². The van der Waals surface area contributed by atoms with E-state index in [1.807, 2.05) is 11.0 Å². The van der Waals surface area contributed by atoms with Gasteiger partial charge in [0.1, 0.15) is 11.9 Å². The van der Waals surface area contributed by atoms with Crippen molar-refractivity contribution in [3.8, 4) is 0 Å². The van der Waals surface area contributed by atoms with Crippen molar-refractivity contribution in [2.24, 2.45) is 4.99 Å². The lowest BCUT2D eigenvalue weighted by Gasteiger charge is -2.46. The maximum atomic E-state index is 13.9. The van der Waals surface area contributed by atoms with E-state index in [-0.39, 0.29) is 31.1 Å². The van der Waals surface area contributed by atoms with Gasteiger partial charge in [0.25, 0.3) is 0 Å². The van der Waals surface area contributed by atoms with Crippen molar-refractivity contribution >= 4 is 11.7 Å². The first-order chi connectivity index (χ1) is 14.8. The quantitative estimate of drug-likeness (QED) is 0.676. The van der Waals surface area contributed by atoms with Gasteiger partial charge in [-0.3, -0.25) is 9.78 Å². The number of fused-ring (bicyclic) bond motifs is 3. The van der Waals surface area contributed by atoms with Crippen LogP contribution in [0.2, 0.25) is 0 Å². The number of alkyl halides is 3. The normalized spacial score (nSPS) is 27.9. The van der Waals surface area contributed by atoms with Crippen LogP contribution < -0.4 is 0 Å².